The highest BCUT2D eigenvalue weighted by Gasteiger charge is 2.28. The van der Waals surface area contributed by atoms with Gasteiger partial charge in [0.25, 0.3) is 0 Å². The van der Waals surface area contributed by atoms with Crippen LogP contribution in [0.4, 0.5) is 0 Å². The smallest absolute Gasteiger partial charge is 0.308 e. The second-order valence-corrected chi connectivity index (χ2v) is 4.39. The Morgan fingerprint density at radius 3 is 2.33 bits per heavy atom. The Balaban J connectivity index is 2.42. The molecular weight excluding hydrogens is 218 g/mol. The predicted octanol–water partition coefficient (Wildman–Crippen LogP) is 1.03. The minimum atomic E-state index is -0.486. The van der Waals surface area contributed by atoms with Crippen molar-refractivity contribution in [2.75, 3.05) is 20.2 Å². The summed E-state index contributed by atoms with van der Waals surface area (Å²) in [5.41, 5.74) is 0. The lowest BCUT2D eigenvalue weighted by Gasteiger charge is -2.31. The summed E-state index contributed by atoms with van der Waals surface area (Å²) in [4.78, 5) is 24.5. The van der Waals surface area contributed by atoms with E-state index in [0.29, 0.717) is 25.9 Å². The van der Waals surface area contributed by atoms with Crippen LogP contribution in [0.1, 0.15) is 19.8 Å². The van der Waals surface area contributed by atoms with Crippen molar-refractivity contribution in [2.24, 2.45) is 5.92 Å². The molecule has 1 heterocycles. The molecule has 1 saturated heterocycles. The number of carbonyl (C=O) groups is 2. The lowest BCUT2D eigenvalue weighted by atomic mass is 9.97. The zero-order valence-corrected chi connectivity index (χ0v) is 9.79. The third kappa shape index (κ3) is 3.09. The van der Waals surface area contributed by atoms with E-state index in [9.17, 15) is 9.59 Å². The van der Waals surface area contributed by atoms with Gasteiger partial charge in [0.15, 0.2) is 0 Å². The number of ether oxygens (including phenoxy) is 1. The maximum atomic E-state index is 11.5. The molecule has 0 radical (unpaired) electrons. The molecule has 1 rings (SSSR count). The number of alkyl halides is 1. The van der Waals surface area contributed by atoms with Gasteiger partial charge < -0.3 is 9.64 Å². The summed E-state index contributed by atoms with van der Waals surface area (Å²) in [5, 5.41) is -0.486. The van der Waals surface area contributed by atoms with Crippen molar-refractivity contribution in [1.82, 2.24) is 4.90 Å². The average Bonchev–Trinajstić information content (AvgIpc) is 2.27. The number of rotatable bonds is 2. The summed E-state index contributed by atoms with van der Waals surface area (Å²) in [6.07, 6.45) is 1.34. The van der Waals surface area contributed by atoms with Crippen LogP contribution in [0.3, 0.4) is 0 Å². The molecule has 15 heavy (non-hydrogen) atoms. The van der Waals surface area contributed by atoms with E-state index in [-0.39, 0.29) is 17.8 Å². The minimum Gasteiger partial charge on any atom is -0.469 e. The molecule has 0 saturated carbocycles. The fraction of sp³-hybridized carbons (Fsp3) is 0.800. The van der Waals surface area contributed by atoms with Gasteiger partial charge >= 0.3 is 5.97 Å². The van der Waals surface area contributed by atoms with Crippen molar-refractivity contribution >= 4 is 23.5 Å². The Kier molecular flexibility index (Phi) is 4.39. The fourth-order valence-electron chi connectivity index (χ4n) is 1.75. The second kappa shape index (κ2) is 5.35. The van der Waals surface area contributed by atoms with Gasteiger partial charge in [-0.05, 0) is 19.8 Å². The number of amides is 1. The number of esters is 1. The van der Waals surface area contributed by atoms with E-state index in [1.165, 1.54) is 7.11 Å². The molecule has 0 spiro atoms. The number of nitrogens with zero attached hydrogens (tertiary/aromatic N) is 1. The van der Waals surface area contributed by atoms with Gasteiger partial charge in [-0.15, -0.1) is 11.6 Å². The number of hydrogen-bond donors (Lipinski definition) is 0. The van der Waals surface area contributed by atoms with Gasteiger partial charge in [0.1, 0.15) is 5.38 Å². The highest BCUT2D eigenvalue weighted by Crippen LogP contribution is 2.19. The zero-order chi connectivity index (χ0) is 11.4. The first kappa shape index (κ1) is 12.3. The number of carbonyl (C=O) groups excluding carboxylic acids is 2. The molecular formula is C10H16ClNO3. The molecule has 86 valence electrons. The molecule has 4 nitrogen and oxygen atoms in total. The number of halogens is 1. The highest BCUT2D eigenvalue weighted by atomic mass is 35.5. The van der Waals surface area contributed by atoms with E-state index in [2.05, 4.69) is 4.74 Å². The third-order valence-electron chi connectivity index (χ3n) is 2.68. The number of hydrogen-bond acceptors (Lipinski definition) is 3. The van der Waals surface area contributed by atoms with Crippen LogP contribution in [0, 0.1) is 5.92 Å². The number of likely N-dealkylation sites (tertiary alicyclic amines) is 1. The van der Waals surface area contributed by atoms with E-state index in [1.807, 2.05) is 0 Å². The zero-order valence-electron chi connectivity index (χ0n) is 9.03. The van der Waals surface area contributed by atoms with Gasteiger partial charge in [0.05, 0.1) is 13.0 Å². The molecule has 1 fully saturated rings. The van der Waals surface area contributed by atoms with Crippen LogP contribution in [0.15, 0.2) is 0 Å². The first-order valence-corrected chi connectivity index (χ1v) is 5.50. The molecule has 0 N–H and O–H groups in total. The van der Waals surface area contributed by atoms with Crippen LogP contribution in [0.5, 0.6) is 0 Å². The lowest BCUT2D eigenvalue weighted by Crippen LogP contribution is -2.43. The molecule has 1 atom stereocenters. The molecule has 1 aliphatic heterocycles. The maximum Gasteiger partial charge on any atom is 0.308 e. The van der Waals surface area contributed by atoms with Crippen LogP contribution in [0.2, 0.25) is 0 Å². The monoisotopic (exact) mass is 233 g/mol. The number of methoxy groups -OCH3 is 1. The van der Waals surface area contributed by atoms with Crippen molar-refractivity contribution in [1.29, 1.82) is 0 Å². The molecule has 0 aromatic heterocycles. The summed E-state index contributed by atoms with van der Waals surface area (Å²) < 4.78 is 4.66. The van der Waals surface area contributed by atoms with E-state index < -0.39 is 5.38 Å². The van der Waals surface area contributed by atoms with E-state index in [4.69, 9.17) is 11.6 Å². The first-order valence-electron chi connectivity index (χ1n) is 5.07. The largest absolute Gasteiger partial charge is 0.469 e. The van der Waals surface area contributed by atoms with Gasteiger partial charge in [0.2, 0.25) is 5.91 Å². The second-order valence-electron chi connectivity index (χ2n) is 3.74. The average molecular weight is 234 g/mol. The van der Waals surface area contributed by atoms with E-state index in [1.54, 1.807) is 11.8 Å². The van der Waals surface area contributed by atoms with Crippen molar-refractivity contribution in [2.45, 2.75) is 25.1 Å². The summed E-state index contributed by atoms with van der Waals surface area (Å²) in [7, 11) is 1.39. The maximum absolute atomic E-state index is 11.5. The molecule has 5 heteroatoms. The fourth-order valence-corrected chi connectivity index (χ4v) is 1.89. The lowest BCUT2D eigenvalue weighted by molar-refractivity contribution is -0.148. The summed E-state index contributed by atoms with van der Waals surface area (Å²) >= 11 is 5.70. The number of piperidine rings is 1. The van der Waals surface area contributed by atoms with Crippen LogP contribution < -0.4 is 0 Å². The topological polar surface area (TPSA) is 46.6 Å². The Morgan fingerprint density at radius 1 is 1.40 bits per heavy atom. The predicted molar refractivity (Wildman–Crippen MR) is 56.6 cm³/mol. The molecule has 0 aliphatic carbocycles. The van der Waals surface area contributed by atoms with Crippen molar-refractivity contribution in [3.63, 3.8) is 0 Å². The Labute approximate surface area is 94.5 Å². The molecule has 0 aromatic rings. The normalized spacial score (nSPS) is 19.8. The highest BCUT2D eigenvalue weighted by molar-refractivity contribution is 6.30. The first-order chi connectivity index (χ1) is 7.06. The SMILES string of the molecule is COC(=O)C1CCN(C(=O)[C@H](C)Cl)CC1. The molecule has 0 aromatic carbocycles. The Hall–Kier alpha value is -0.770. The Morgan fingerprint density at radius 2 is 1.93 bits per heavy atom. The van der Waals surface area contributed by atoms with Crippen molar-refractivity contribution in [3.8, 4) is 0 Å². The van der Waals surface area contributed by atoms with Crippen molar-refractivity contribution < 1.29 is 14.3 Å². The van der Waals surface area contributed by atoms with Gasteiger partial charge in [0, 0.05) is 13.1 Å². The van der Waals surface area contributed by atoms with Crippen molar-refractivity contribution in [3.05, 3.63) is 0 Å². The summed E-state index contributed by atoms with van der Waals surface area (Å²) in [5.74, 6) is -0.300. The quantitative estimate of drug-likeness (QED) is 0.529. The molecule has 1 aliphatic rings. The van der Waals surface area contributed by atoms with Gasteiger partial charge in [-0.1, -0.05) is 0 Å². The minimum absolute atomic E-state index is 0.0556. The van der Waals surface area contributed by atoms with E-state index in [0.717, 1.165) is 0 Å². The van der Waals surface area contributed by atoms with Gasteiger partial charge in [-0.3, -0.25) is 9.59 Å². The van der Waals surface area contributed by atoms with Crippen LogP contribution in [0.25, 0.3) is 0 Å². The molecule has 0 unspecified atom stereocenters. The third-order valence-corrected chi connectivity index (χ3v) is 2.87. The summed E-state index contributed by atoms with van der Waals surface area (Å²) in [6.45, 7) is 2.85. The van der Waals surface area contributed by atoms with Crippen LogP contribution in [-0.2, 0) is 14.3 Å². The Bertz CT molecular complexity index is 247. The standard InChI is InChI=1S/C10H16ClNO3/c1-7(11)9(13)12-5-3-8(4-6-12)10(14)15-2/h7-8H,3-6H2,1-2H3/t7-/m0/s1. The molecule has 1 amide bonds. The van der Waals surface area contributed by atoms with E-state index >= 15 is 0 Å². The van der Waals surface area contributed by atoms with Gasteiger partial charge in [-0.2, -0.15) is 0 Å². The van der Waals surface area contributed by atoms with Crippen LogP contribution >= 0.6 is 11.6 Å². The molecule has 0 bridgehead atoms. The van der Waals surface area contributed by atoms with Crippen LogP contribution in [-0.4, -0.2) is 42.4 Å². The van der Waals surface area contributed by atoms with Gasteiger partial charge in [-0.25, -0.2) is 0 Å². The summed E-state index contributed by atoms with van der Waals surface area (Å²) in [6, 6.07) is 0.